The molecule has 2 aromatic rings. The molecule has 0 radical (unpaired) electrons. The van der Waals surface area contributed by atoms with E-state index in [0.717, 1.165) is 24.2 Å². The molecule has 25 heavy (non-hydrogen) atoms. The number of aromatic nitrogens is 1. The number of carbonyl (C=O) groups is 1. The lowest BCUT2D eigenvalue weighted by Gasteiger charge is -2.24. The van der Waals surface area contributed by atoms with Gasteiger partial charge in [0.2, 0.25) is 5.76 Å². The zero-order chi connectivity index (χ0) is 17.6. The highest BCUT2D eigenvalue weighted by atomic mass is 16.5. The van der Waals surface area contributed by atoms with Gasteiger partial charge in [0, 0.05) is 12.5 Å². The van der Waals surface area contributed by atoms with E-state index in [0.29, 0.717) is 36.2 Å². The van der Waals surface area contributed by atoms with E-state index in [1.807, 2.05) is 24.3 Å². The average molecular weight is 342 g/mol. The van der Waals surface area contributed by atoms with Gasteiger partial charge in [-0.05, 0) is 43.9 Å². The molecule has 4 rings (SSSR count). The van der Waals surface area contributed by atoms with Gasteiger partial charge in [0.05, 0.1) is 24.9 Å². The Morgan fingerprint density at radius 2 is 2.20 bits per heavy atom. The summed E-state index contributed by atoms with van der Waals surface area (Å²) in [6.45, 7) is 2.09. The molecule has 0 bridgehead atoms. The van der Waals surface area contributed by atoms with Crippen LogP contribution in [0.5, 0.6) is 5.75 Å². The van der Waals surface area contributed by atoms with Gasteiger partial charge >= 0.3 is 0 Å². The SMILES string of the molecule is COc1cccc(C2CC(O)CN2C(=O)c2oc(C3CC3)nc2C)c1. The molecule has 2 atom stereocenters. The molecule has 6 nitrogen and oxygen atoms in total. The quantitative estimate of drug-likeness (QED) is 0.925. The minimum atomic E-state index is -0.550. The summed E-state index contributed by atoms with van der Waals surface area (Å²) in [7, 11) is 1.61. The first-order chi connectivity index (χ1) is 12.1. The number of benzene rings is 1. The van der Waals surface area contributed by atoms with Crippen molar-refractivity contribution in [3.05, 3.63) is 47.2 Å². The van der Waals surface area contributed by atoms with Gasteiger partial charge in [0.1, 0.15) is 5.75 Å². The maximum Gasteiger partial charge on any atom is 0.292 e. The molecular weight excluding hydrogens is 320 g/mol. The van der Waals surface area contributed by atoms with Crippen LogP contribution >= 0.6 is 0 Å². The number of β-amino-alcohol motifs (C(OH)–C–C–N with tert-alkyl or cyclic N) is 1. The number of hydrogen-bond donors (Lipinski definition) is 1. The van der Waals surface area contributed by atoms with Crippen LogP contribution in [-0.4, -0.2) is 40.7 Å². The fraction of sp³-hybridized carbons (Fsp3) is 0.474. The van der Waals surface area contributed by atoms with Crippen molar-refractivity contribution in [2.45, 2.75) is 44.2 Å². The molecule has 132 valence electrons. The normalized spacial score (nSPS) is 23.1. The second kappa shape index (κ2) is 6.19. The minimum Gasteiger partial charge on any atom is -0.497 e. The molecule has 2 aliphatic rings. The number of nitrogens with zero attached hydrogens (tertiary/aromatic N) is 2. The van der Waals surface area contributed by atoms with Crippen molar-refractivity contribution in [2.24, 2.45) is 0 Å². The molecule has 2 unspecified atom stereocenters. The van der Waals surface area contributed by atoms with E-state index in [9.17, 15) is 9.90 Å². The van der Waals surface area contributed by atoms with Crippen molar-refractivity contribution >= 4 is 5.91 Å². The first-order valence-corrected chi connectivity index (χ1v) is 8.67. The zero-order valence-corrected chi connectivity index (χ0v) is 14.4. The van der Waals surface area contributed by atoms with E-state index in [2.05, 4.69) is 4.98 Å². The van der Waals surface area contributed by atoms with Crippen molar-refractivity contribution in [1.82, 2.24) is 9.88 Å². The number of methoxy groups -OCH3 is 1. The summed E-state index contributed by atoms with van der Waals surface area (Å²) >= 11 is 0. The molecule has 0 spiro atoms. The molecule has 2 heterocycles. The van der Waals surface area contributed by atoms with E-state index in [4.69, 9.17) is 9.15 Å². The molecule has 1 aliphatic heterocycles. The summed E-state index contributed by atoms with van der Waals surface area (Å²) in [5, 5.41) is 10.2. The summed E-state index contributed by atoms with van der Waals surface area (Å²) in [5.74, 6) is 1.85. The van der Waals surface area contributed by atoms with Crippen LogP contribution in [0.1, 0.15) is 58.9 Å². The number of rotatable bonds is 4. The van der Waals surface area contributed by atoms with Gasteiger partial charge in [-0.15, -0.1) is 0 Å². The highest BCUT2D eigenvalue weighted by molar-refractivity contribution is 5.93. The van der Waals surface area contributed by atoms with Gasteiger partial charge in [-0.3, -0.25) is 4.79 Å². The number of aliphatic hydroxyl groups excluding tert-OH is 1. The smallest absolute Gasteiger partial charge is 0.292 e. The van der Waals surface area contributed by atoms with Crippen LogP contribution in [0.3, 0.4) is 0 Å². The Morgan fingerprint density at radius 1 is 1.40 bits per heavy atom. The minimum absolute atomic E-state index is 0.202. The molecule has 1 aliphatic carbocycles. The van der Waals surface area contributed by atoms with Gasteiger partial charge in [-0.2, -0.15) is 0 Å². The molecule has 1 aromatic carbocycles. The van der Waals surface area contributed by atoms with Gasteiger partial charge in [-0.1, -0.05) is 12.1 Å². The molecular formula is C19H22N2O4. The topological polar surface area (TPSA) is 75.8 Å². The third kappa shape index (κ3) is 3.02. The predicted molar refractivity (Wildman–Crippen MR) is 90.6 cm³/mol. The third-order valence-corrected chi connectivity index (χ3v) is 4.95. The largest absolute Gasteiger partial charge is 0.497 e. The third-order valence-electron chi connectivity index (χ3n) is 4.95. The number of carbonyl (C=O) groups excluding carboxylic acids is 1. The Balaban J connectivity index is 1.63. The number of ether oxygens (including phenoxy) is 1. The zero-order valence-electron chi connectivity index (χ0n) is 14.4. The van der Waals surface area contributed by atoms with Gasteiger partial charge in [0.15, 0.2) is 5.89 Å². The first kappa shape index (κ1) is 16.1. The van der Waals surface area contributed by atoms with E-state index in [1.165, 1.54) is 0 Å². The first-order valence-electron chi connectivity index (χ1n) is 8.67. The number of likely N-dealkylation sites (tertiary alicyclic amines) is 1. The fourth-order valence-corrected chi connectivity index (χ4v) is 3.45. The van der Waals surface area contributed by atoms with Crippen molar-refractivity contribution in [3.8, 4) is 5.75 Å². The molecule has 1 N–H and O–H groups in total. The maximum absolute atomic E-state index is 13.1. The van der Waals surface area contributed by atoms with Crippen LogP contribution in [0.25, 0.3) is 0 Å². The lowest BCUT2D eigenvalue weighted by molar-refractivity contribution is 0.0680. The van der Waals surface area contributed by atoms with Gasteiger partial charge in [0.25, 0.3) is 5.91 Å². The van der Waals surface area contributed by atoms with E-state index in [1.54, 1.807) is 18.9 Å². The Hall–Kier alpha value is -2.34. The lowest BCUT2D eigenvalue weighted by atomic mass is 10.0. The average Bonchev–Trinajstić information content (AvgIpc) is 3.29. The Kier molecular flexibility index (Phi) is 4.00. The summed E-state index contributed by atoms with van der Waals surface area (Å²) in [4.78, 5) is 19.2. The molecule has 1 amide bonds. The number of aryl methyl sites for hydroxylation is 1. The number of hydrogen-bond acceptors (Lipinski definition) is 5. The van der Waals surface area contributed by atoms with Crippen LogP contribution in [0.4, 0.5) is 0 Å². The highest BCUT2D eigenvalue weighted by Crippen LogP contribution is 2.41. The number of oxazole rings is 1. The van der Waals surface area contributed by atoms with E-state index >= 15 is 0 Å². The Bertz CT molecular complexity index is 796. The molecule has 2 fully saturated rings. The lowest BCUT2D eigenvalue weighted by Crippen LogP contribution is -2.32. The monoisotopic (exact) mass is 342 g/mol. The molecule has 6 heteroatoms. The van der Waals surface area contributed by atoms with Gasteiger partial charge < -0.3 is 19.2 Å². The van der Waals surface area contributed by atoms with Crippen LogP contribution in [-0.2, 0) is 0 Å². The maximum atomic E-state index is 13.1. The highest BCUT2D eigenvalue weighted by Gasteiger charge is 2.39. The van der Waals surface area contributed by atoms with E-state index in [-0.39, 0.29) is 11.9 Å². The predicted octanol–water partition coefficient (Wildman–Crippen LogP) is 2.82. The Morgan fingerprint density at radius 3 is 2.92 bits per heavy atom. The number of aliphatic hydroxyl groups is 1. The van der Waals surface area contributed by atoms with Crippen LogP contribution in [0.2, 0.25) is 0 Å². The summed E-state index contributed by atoms with van der Waals surface area (Å²) in [6.07, 6.45) is 2.10. The van der Waals surface area contributed by atoms with Crippen molar-refractivity contribution in [2.75, 3.05) is 13.7 Å². The van der Waals surface area contributed by atoms with Gasteiger partial charge in [-0.25, -0.2) is 4.98 Å². The Labute approximate surface area is 146 Å². The second-order valence-electron chi connectivity index (χ2n) is 6.88. The fourth-order valence-electron chi connectivity index (χ4n) is 3.45. The second-order valence-corrected chi connectivity index (χ2v) is 6.88. The van der Waals surface area contributed by atoms with Crippen molar-refractivity contribution < 1.29 is 19.1 Å². The van der Waals surface area contributed by atoms with Crippen LogP contribution < -0.4 is 4.74 Å². The molecule has 1 aromatic heterocycles. The molecule has 1 saturated heterocycles. The van der Waals surface area contributed by atoms with Crippen molar-refractivity contribution in [3.63, 3.8) is 0 Å². The summed E-state index contributed by atoms with van der Waals surface area (Å²) in [5.41, 5.74) is 1.57. The summed E-state index contributed by atoms with van der Waals surface area (Å²) < 4.78 is 11.1. The van der Waals surface area contributed by atoms with Crippen LogP contribution in [0.15, 0.2) is 28.7 Å². The van der Waals surface area contributed by atoms with Crippen molar-refractivity contribution in [1.29, 1.82) is 0 Å². The summed E-state index contributed by atoms with van der Waals surface area (Å²) in [6, 6.07) is 7.42. The molecule has 1 saturated carbocycles. The number of amides is 1. The van der Waals surface area contributed by atoms with E-state index < -0.39 is 6.10 Å². The van der Waals surface area contributed by atoms with Crippen LogP contribution in [0, 0.1) is 6.92 Å². The standard InChI is InChI=1S/C19H22N2O4/c1-11-17(25-18(20-11)12-6-7-12)19(23)21-10-14(22)9-16(21)13-4-3-5-15(8-13)24-2/h3-5,8,12,14,16,22H,6-7,9-10H2,1-2H3.